The van der Waals surface area contributed by atoms with Crippen LogP contribution in [-0.2, 0) is 9.53 Å². The second kappa shape index (κ2) is 5.14. The summed E-state index contributed by atoms with van der Waals surface area (Å²) < 4.78 is 4.85. The first-order valence-electron chi connectivity index (χ1n) is 4.50. The topological polar surface area (TPSA) is 46.5 Å². The maximum absolute atomic E-state index is 11.2. The average molecular weight is 174 g/mol. The predicted octanol–water partition coefficient (Wildman–Crippen LogP) is 1.49. The molecular weight excluding hydrogens is 156 g/mol. The van der Waals surface area contributed by atoms with Crippen molar-refractivity contribution in [3.63, 3.8) is 0 Å². The Bertz CT molecular complexity index is 139. The van der Waals surface area contributed by atoms with Crippen molar-refractivity contribution in [2.24, 2.45) is 0 Å². The fourth-order valence-electron chi connectivity index (χ4n) is 0.868. The number of carbonyl (C=O) groups is 1. The van der Waals surface area contributed by atoms with Gasteiger partial charge in [-0.2, -0.15) is 0 Å². The third kappa shape index (κ3) is 2.81. The van der Waals surface area contributed by atoms with Crippen LogP contribution in [0.5, 0.6) is 0 Å². The van der Waals surface area contributed by atoms with Crippen molar-refractivity contribution in [2.45, 2.75) is 45.6 Å². The van der Waals surface area contributed by atoms with E-state index in [-0.39, 0.29) is 0 Å². The highest BCUT2D eigenvalue weighted by molar-refractivity contribution is 5.79. The first-order chi connectivity index (χ1) is 5.60. The zero-order chi connectivity index (χ0) is 9.61. The van der Waals surface area contributed by atoms with Gasteiger partial charge in [-0.05, 0) is 19.3 Å². The minimum Gasteiger partial charge on any atom is -0.464 e. The lowest BCUT2D eigenvalue weighted by molar-refractivity contribution is -0.166. The van der Waals surface area contributed by atoms with E-state index < -0.39 is 11.6 Å². The van der Waals surface area contributed by atoms with Crippen LogP contribution < -0.4 is 0 Å². The Kier molecular flexibility index (Phi) is 4.90. The van der Waals surface area contributed by atoms with Crippen LogP contribution in [0, 0.1) is 0 Å². The molecule has 0 rings (SSSR count). The summed E-state index contributed by atoms with van der Waals surface area (Å²) in [7, 11) is 0. The Hall–Kier alpha value is -0.570. The summed E-state index contributed by atoms with van der Waals surface area (Å²) in [6.07, 6.45) is 1.60. The second-order valence-corrected chi connectivity index (χ2v) is 2.87. The summed E-state index contributed by atoms with van der Waals surface area (Å²) >= 11 is 0. The van der Waals surface area contributed by atoms with Crippen LogP contribution >= 0.6 is 0 Å². The van der Waals surface area contributed by atoms with Crippen molar-refractivity contribution in [1.82, 2.24) is 0 Å². The van der Waals surface area contributed by atoms with Crippen LogP contribution in [0.15, 0.2) is 0 Å². The van der Waals surface area contributed by atoms with Gasteiger partial charge in [0.05, 0.1) is 6.61 Å². The van der Waals surface area contributed by atoms with E-state index >= 15 is 0 Å². The number of rotatable bonds is 5. The van der Waals surface area contributed by atoms with Gasteiger partial charge in [0, 0.05) is 0 Å². The minimum absolute atomic E-state index is 0.390. The molecule has 0 fully saturated rings. The molecule has 0 saturated heterocycles. The molecule has 0 amide bonds. The minimum atomic E-state index is -1.27. The SMILES string of the molecule is CCCOC(=O)C(O)(CC)CC. The van der Waals surface area contributed by atoms with Crippen molar-refractivity contribution in [3.05, 3.63) is 0 Å². The van der Waals surface area contributed by atoms with Crippen molar-refractivity contribution < 1.29 is 14.6 Å². The molecule has 0 aromatic heterocycles. The molecule has 0 aromatic carbocycles. The Morgan fingerprint density at radius 3 is 2.17 bits per heavy atom. The van der Waals surface area contributed by atoms with Crippen LogP contribution in [0.3, 0.4) is 0 Å². The van der Waals surface area contributed by atoms with Gasteiger partial charge in [-0.1, -0.05) is 20.8 Å². The van der Waals surface area contributed by atoms with Crippen molar-refractivity contribution in [2.75, 3.05) is 6.61 Å². The Morgan fingerprint density at radius 1 is 1.33 bits per heavy atom. The van der Waals surface area contributed by atoms with E-state index in [0.29, 0.717) is 19.4 Å². The molecule has 0 aliphatic carbocycles. The highest BCUT2D eigenvalue weighted by Crippen LogP contribution is 2.16. The molecule has 12 heavy (non-hydrogen) atoms. The van der Waals surface area contributed by atoms with Gasteiger partial charge in [-0.15, -0.1) is 0 Å². The zero-order valence-electron chi connectivity index (χ0n) is 8.09. The van der Waals surface area contributed by atoms with E-state index in [0.717, 1.165) is 6.42 Å². The molecule has 0 unspecified atom stereocenters. The Morgan fingerprint density at radius 2 is 1.83 bits per heavy atom. The third-order valence-corrected chi connectivity index (χ3v) is 1.99. The first kappa shape index (κ1) is 11.4. The summed E-state index contributed by atoms with van der Waals surface area (Å²) in [4.78, 5) is 11.2. The number of esters is 1. The molecule has 0 aliphatic heterocycles. The number of hydrogen-bond acceptors (Lipinski definition) is 3. The second-order valence-electron chi connectivity index (χ2n) is 2.87. The smallest absolute Gasteiger partial charge is 0.338 e. The van der Waals surface area contributed by atoms with E-state index in [1.165, 1.54) is 0 Å². The predicted molar refractivity (Wildman–Crippen MR) is 46.8 cm³/mol. The van der Waals surface area contributed by atoms with E-state index in [9.17, 15) is 9.90 Å². The molecule has 3 nitrogen and oxygen atoms in total. The highest BCUT2D eigenvalue weighted by Gasteiger charge is 2.33. The van der Waals surface area contributed by atoms with E-state index in [2.05, 4.69) is 0 Å². The van der Waals surface area contributed by atoms with Crippen molar-refractivity contribution >= 4 is 5.97 Å². The lowest BCUT2D eigenvalue weighted by atomic mass is 9.98. The van der Waals surface area contributed by atoms with Crippen molar-refractivity contribution in [3.8, 4) is 0 Å². The number of hydrogen-bond donors (Lipinski definition) is 1. The Balaban J connectivity index is 4.03. The summed E-state index contributed by atoms with van der Waals surface area (Å²) in [6.45, 7) is 5.86. The van der Waals surface area contributed by atoms with Crippen LogP contribution in [0.25, 0.3) is 0 Å². The first-order valence-corrected chi connectivity index (χ1v) is 4.50. The molecule has 0 atom stereocenters. The molecule has 0 aromatic rings. The van der Waals surface area contributed by atoms with Gasteiger partial charge in [0.2, 0.25) is 0 Å². The molecule has 0 bridgehead atoms. The third-order valence-electron chi connectivity index (χ3n) is 1.99. The van der Waals surface area contributed by atoms with E-state index in [1.807, 2.05) is 6.92 Å². The summed E-state index contributed by atoms with van der Waals surface area (Å²) in [6, 6.07) is 0. The van der Waals surface area contributed by atoms with E-state index in [1.54, 1.807) is 13.8 Å². The lowest BCUT2D eigenvalue weighted by Crippen LogP contribution is -2.38. The normalized spacial score (nSPS) is 11.3. The summed E-state index contributed by atoms with van der Waals surface area (Å²) in [5, 5.41) is 9.65. The maximum atomic E-state index is 11.2. The number of aliphatic hydroxyl groups is 1. The van der Waals surface area contributed by atoms with Crippen LogP contribution in [0.4, 0.5) is 0 Å². The molecule has 72 valence electrons. The van der Waals surface area contributed by atoms with Gasteiger partial charge in [0.25, 0.3) is 0 Å². The Labute approximate surface area is 73.7 Å². The van der Waals surface area contributed by atoms with Gasteiger partial charge in [0.15, 0.2) is 5.60 Å². The fourth-order valence-corrected chi connectivity index (χ4v) is 0.868. The molecule has 0 heterocycles. The monoisotopic (exact) mass is 174 g/mol. The maximum Gasteiger partial charge on any atom is 0.338 e. The van der Waals surface area contributed by atoms with Crippen molar-refractivity contribution in [1.29, 1.82) is 0 Å². The van der Waals surface area contributed by atoms with Gasteiger partial charge in [0.1, 0.15) is 0 Å². The highest BCUT2D eigenvalue weighted by atomic mass is 16.5. The molecule has 0 spiro atoms. The lowest BCUT2D eigenvalue weighted by Gasteiger charge is -2.22. The van der Waals surface area contributed by atoms with E-state index in [4.69, 9.17) is 4.74 Å². The van der Waals surface area contributed by atoms with Crippen LogP contribution in [0.1, 0.15) is 40.0 Å². The summed E-state index contributed by atoms with van der Waals surface area (Å²) in [5.74, 6) is -0.491. The van der Waals surface area contributed by atoms with Crippen LogP contribution in [-0.4, -0.2) is 23.3 Å². The fraction of sp³-hybridized carbons (Fsp3) is 0.889. The summed E-state index contributed by atoms with van der Waals surface area (Å²) in [5.41, 5.74) is -1.27. The molecule has 3 heteroatoms. The quantitative estimate of drug-likeness (QED) is 0.642. The van der Waals surface area contributed by atoms with Gasteiger partial charge in [-0.3, -0.25) is 0 Å². The molecule has 0 aliphatic rings. The zero-order valence-corrected chi connectivity index (χ0v) is 8.09. The van der Waals surface area contributed by atoms with Gasteiger partial charge >= 0.3 is 5.97 Å². The molecule has 0 radical (unpaired) electrons. The molecular formula is C9H18O3. The standard InChI is InChI=1S/C9H18O3/c1-4-7-12-8(10)9(11,5-2)6-3/h11H,4-7H2,1-3H3. The molecule has 0 saturated carbocycles. The van der Waals surface area contributed by atoms with Crippen LogP contribution in [0.2, 0.25) is 0 Å². The number of carbonyl (C=O) groups excluding carboxylic acids is 1. The average Bonchev–Trinajstić information content (AvgIpc) is 2.12. The largest absolute Gasteiger partial charge is 0.464 e. The number of ether oxygens (including phenoxy) is 1. The van der Waals surface area contributed by atoms with Gasteiger partial charge < -0.3 is 9.84 Å². The molecule has 1 N–H and O–H groups in total. The van der Waals surface area contributed by atoms with Gasteiger partial charge in [-0.25, -0.2) is 4.79 Å².